The molecule has 11 heteroatoms. The van der Waals surface area contributed by atoms with Gasteiger partial charge >= 0.3 is 6.18 Å². The zero-order valence-corrected chi connectivity index (χ0v) is 22.2. The van der Waals surface area contributed by atoms with Crippen LogP contribution in [0.3, 0.4) is 0 Å². The smallest absolute Gasteiger partial charge is 0.380 e. The van der Waals surface area contributed by atoms with Gasteiger partial charge in [0, 0.05) is 18.0 Å². The number of carbonyl (C=O) groups is 1. The number of rotatable bonds is 4. The first kappa shape index (κ1) is 28.0. The number of halogens is 5. The van der Waals surface area contributed by atoms with E-state index in [2.05, 4.69) is 0 Å². The molecule has 5 rings (SSSR count). The van der Waals surface area contributed by atoms with Crippen molar-refractivity contribution < 1.29 is 40.3 Å². The summed E-state index contributed by atoms with van der Waals surface area (Å²) in [6.45, 7) is 0.725. The van der Waals surface area contributed by atoms with Crippen molar-refractivity contribution in [2.24, 2.45) is 0 Å². The number of carbonyl (C=O) groups excluding carboxylic acids is 1. The van der Waals surface area contributed by atoms with Gasteiger partial charge in [0.15, 0.2) is 9.84 Å². The average Bonchev–Trinajstić information content (AvgIpc) is 3.23. The molecule has 212 valence electrons. The van der Waals surface area contributed by atoms with Crippen molar-refractivity contribution in [2.45, 2.75) is 74.4 Å². The summed E-state index contributed by atoms with van der Waals surface area (Å²) in [4.78, 5) is 15.3. The van der Waals surface area contributed by atoms with Crippen molar-refractivity contribution in [1.29, 1.82) is 0 Å². The zero-order valence-electron chi connectivity index (χ0n) is 21.4. The minimum atomic E-state index is -5.10. The molecule has 3 unspecified atom stereocenters. The number of benzene rings is 2. The van der Waals surface area contributed by atoms with Crippen LogP contribution in [0.25, 0.3) is 0 Å². The van der Waals surface area contributed by atoms with Crippen molar-refractivity contribution in [3.05, 3.63) is 70.5 Å². The second kappa shape index (κ2) is 9.26. The molecule has 2 aromatic rings. The Morgan fingerprint density at radius 3 is 2.41 bits per heavy atom. The van der Waals surface area contributed by atoms with Crippen LogP contribution < -0.4 is 0 Å². The maximum Gasteiger partial charge on any atom is 0.426 e. The average molecular weight is 572 g/mol. The number of aryl methyl sites for hydroxylation is 1. The van der Waals surface area contributed by atoms with Crippen LogP contribution in [0.15, 0.2) is 42.5 Å². The normalized spacial score (nSPS) is 27.4. The predicted molar refractivity (Wildman–Crippen MR) is 134 cm³/mol. The van der Waals surface area contributed by atoms with Gasteiger partial charge in [0.1, 0.15) is 11.4 Å². The summed E-state index contributed by atoms with van der Waals surface area (Å²) in [5.41, 5.74) is -4.82. The highest BCUT2D eigenvalue weighted by molar-refractivity contribution is 7.91. The fraction of sp³-hybridized carbons (Fsp3) is 0.536. The van der Waals surface area contributed by atoms with Crippen molar-refractivity contribution in [3.63, 3.8) is 0 Å². The lowest BCUT2D eigenvalue weighted by molar-refractivity contribution is -0.228. The van der Waals surface area contributed by atoms with Gasteiger partial charge in [-0.05, 0) is 79.8 Å². The largest absolute Gasteiger partial charge is 0.426 e. The van der Waals surface area contributed by atoms with E-state index in [4.69, 9.17) is 0 Å². The molecular weight excluding hydrogens is 541 g/mol. The Hall–Kier alpha value is -2.53. The van der Waals surface area contributed by atoms with Crippen molar-refractivity contribution in [2.75, 3.05) is 18.1 Å². The van der Waals surface area contributed by atoms with Crippen LogP contribution in [0.2, 0.25) is 0 Å². The number of hydrogen-bond acceptors (Lipinski definition) is 4. The highest BCUT2D eigenvalue weighted by Crippen LogP contribution is 2.51. The standard InChI is InChI=1S/C28H30F5NO4S/c1-25(30,28(31,32)33)20-6-7-22-19(16-20)5-8-23-26(22,17-18-3-2-4-21(29)15-18)9-12-34(23)24(35)27(36)10-13-39(37,38)14-11-27/h2-4,6-7,15-16,23,36H,5,8-14,17H2,1H3. The SMILES string of the molecule is CC(F)(c1ccc2c(c1)CCC1N(C(=O)C3(O)CCS(=O)(=O)CC3)CCC21Cc1cccc(F)c1)C(F)(F)F. The van der Waals surface area contributed by atoms with Gasteiger partial charge in [-0.2, -0.15) is 13.2 Å². The molecule has 0 bridgehead atoms. The number of fused-ring (bicyclic) bond motifs is 3. The lowest BCUT2D eigenvalue weighted by Crippen LogP contribution is -2.57. The van der Waals surface area contributed by atoms with E-state index in [1.54, 1.807) is 17.0 Å². The van der Waals surface area contributed by atoms with E-state index in [0.29, 0.717) is 36.5 Å². The van der Waals surface area contributed by atoms with E-state index < -0.39 is 56.0 Å². The van der Waals surface area contributed by atoms with Crippen LogP contribution in [0, 0.1) is 5.82 Å². The lowest BCUT2D eigenvalue weighted by atomic mass is 9.63. The Kier molecular flexibility index (Phi) is 6.65. The molecule has 0 saturated carbocycles. The second-order valence-corrected chi connectivity index (χ2v) is 13.6. The second-order valence-electron chi connectivity index (χ2n) is 11.3. The molecule has 2 aliphatic heterocycles. The van der Waals surface area contributed by atoms with Crippen molar-refractivity contribution in [1.82, 2.24) is 4.90 Å². The Labute approximate surface area is 223 Å². The van der Waals surface area contributed by atoms with Crippen molar-refractivity contribution in [3.8, 4) is 0 Å². The third-order valence-corrected chi connectivity index (χ3v) is 10.6. The molecule has 0 radical (unpaired) electrons. The Morgan fingerprint density at radius 1 is 1.08 bits per heavy atom. The topological polar surface area (TPSA) is 74.7 Å². The minimum Gasteiger partial charge on any atom is -0.380 e. The zero-order chi connectivity index (χ0) is 28.4. The first-order chi connectivity index (χ1) is 18.1. The number of amides is 1. The predicted octanol–water partition coefficient (Wildman–Crippen LogP) is 4.54. The summed E-state index contributed by atoms with van der Waals surface area (Å²) in [5.74, 6) is -1.60. The van der Waals surface area contributed by atoms with Gasteiger partial charge in [-0.1, -0.05) is 30.3 Å². The fourth-order valence-corrected chi connectivity index (χ4v) is 8.14. The molecule has 0 aromatic heterocycles. The number of aliphatic hydroxyl groups is 1. The minimum absolute atomic E-state index is 0.208. The van der Waals surface area contributed by atoms with Crippen LogP contribution in [0.1, 0.15) is 54.9 Å². The van der Waals surface area contributed by atoms with Crippen molar-refractivity contribution >= 4 is 15.7 Å². The highest BCUT2D eigenvalue weighted by atomic mass is 32.2. The van der Waals surface area contributed by atoms with Gasteiger partial charge in [-0.3, -0.25) is 4.79 Å². The highest BCUT2D eigenvalue weighted by Gasteiger charge is 2.57. The summed E-state index contributed by atoms with van der Waals surface area (Å²) < 4.78 is 93.2. The Morgan fingerprint density at radius 2 is 1.77 bits per heavy atom. The van der Waals surface area contributed by atoms with Crippen LogP contribution in [-0.2, 0) is 38.6 Å². The first-order valence-corrected chi connectivity index (χ1v) is 14.8. The van der Waals surface area contributed by atoms with Gasteiger partial charge in [0.25, 0.3) is 5.91 Å². The van der Waals surface area contributed by atoms with Gasteiger partial charge in [0.2, 0.25) is 5.67 Å². The number of hydrogen-bond donors (Lipinski definition) is 1. The van der Waals surface area contributed by atoms with E-state index >= 15 is 0 Å². The monoisotopic (exact) mass is 571 g/mol. The first-order valence-electron chi connectivity index (χ1n) is 13.0. The Balaban J connectivity index is 1.55. The number of likely N-dealkylation sites (tertiary alicyclic amines) is 1. The number of sulfone groups is 1. The van der Waals surface area contributed by atoms with E-state index in [9.17, 15) is 40.3 Å². The van der Waals surface area contributed by atoms with E-state index in [0.717, 1.165) is 6.07 Å². The molecule has 3 atom stereocenters. The summed E-state index contributed by atoms with van der Waals surface area (Å²) in [7, 11) is -3.33. The van der Waals surface area contributed by atoms with Crippen LogP contribution in [-0.4, -0.2) is 60.2 Å². The van der Waals surface area contributed by atoms with E-state index in [-0.39, 0.29) is 43.7 Å². The fourth-order valence-electron chi connectivity index (χ4n) is 6.63. The molecule has 0 spiro atoms. The molecule has 5 nitrogen and oxygen atoms in total. The van der Waals surface area contributed by atoms with Gasteiger partial charge < -0.3 is 10.0 Å². The summed E-state index contributed by atoms with van der Waals surface area (Å²) >= 11 is 0. The molecule has 2 heterocycles. The maximum absolute atomic E-state index is 14.8. The van der Waals surface area contributed by atoms with Crippen LogP contribution in [0.4, 0.5) is 22.0 Å². The molecule has 1 amide bonds. The molecule has 2 fully saturated rings. The summed E-state index contributed by atoms with van der Waals surface area (Å²) in [6.07, 6.45) is -4.21. The van der Waals surface area contributed by atoms with Crippen LogP contribution >= 0.6 is 0 Å². The molecule has 2 aromatic carbocycles. The molecular formula is C28H30F5NO4S. The van der Waals surface area contributed by atoms with Crippen LogP contribution in [0.5, 0.6) is 0 Å². The summed E-state index contributed by atoms with van der Waals surface area (Å²) in [6, 6.07) is 9.39. The summed E-state index contributed by atoms with van der Waals surface area (Å²) in [5, 5.41) is 11.2. The van der Waals surface area contributed by atoms with Gasteiger partial charge in [0.05, 0.1) is 11.5 Å². The number of nitrogens with zero attached hydrogens (tertiary/aromatic N) is 1. The molecule has 1 N–H and O–H groups in total. The van der Waals surface area contributed by atoms with E-state index in [1.165, 1.54) is 24.3 Å². The maximum atomic E-state index is 14.8. The van der Waals surface area contributed by atoms with E-state index in [1.807, 2.05) is 0 Å². The van der Waals surface area contributed by atoms with Gasteiger partial charge in [-0.25, -0.2) is 17.2 Å². The molecule has 39 heavy (non-hydrogen) atoms. The molecule has 1 aliphatic carbocycles. The molecule has 3 aliphatic rings. The lowest BCUT2D eigenvalue weighted by Gasteiger charge is -2.45. The number of alkyl halides is 4. The Bertz CT molecular complexity index is 1390. The van der Waals surface area contributed by atoms with Gasteiger partial charge in [-0.15, -0.1) is 0 Å². The third kappa shape index (κ3) is 4.75. The molecule has 2 saturated heterocycles. The quantitative estimate of drug-likeness (QED) is 0.547. The third-order valence-electron chi connectivity index (χ3n) is 8.94.